The molecule has 0 fully saturated rings. The Hall–Kier alpha value is -1.88. The standard InChI is InChI=1S/C45H82O5/c1-3-5-7-9-11-13-15-17-19-20-21-22-23-24-26-28-30-32-34-36-38-40-45(48)50-43(41-46)42-49-44(47)39-37-35-33-31-29-27-25-18-16-14-12-10-8-6-4-2/h15,17-18,20-21,25,43,46H,3-14,16,19,22-24,26-42H2,1-2H3/b17-15-,21-20-,25-18-. The van der Waals surface area contributed by atoms with Crippen LogP contribution in [-0.4, -0.2) is 36.4 Å². The molecule has 0 aliphatic carbocycles. The molecule has 5 heteroatoms. The summed E-state index contributed by atoms with van der Waals surface area (Å²) in [6, 6.07) is 0. The van der Waals surface area contributed by atoms with E-state index in [2.05, 4.69) is 50.3 Å². The van der Waals surface area contributed by atoms with Crippen molar-refractivity contribution in [2.75, 3.05) is 13.2 Å². The number of carbonyl (C=O) groups is 2. The molecule has 0 aromatic carbocycles. The topological polar surface area (TPSA) is 72.8 Å². The quantitative estimate of drug-likeness (QED) is 0.0392. The Kier molecular flexibility index (Phi) is 40.0. The molecule has 50 heavy (non-hydrogen) atoms. The molecule has 0 bridgehead atoms. The molecule has 0 saturated carbocycles. The maximum atomic E-state index is 12.2. The van der Waals surface area contributed by atoms with Gasteiger partial charge in [0.15, 0.2) is 6.10 Å². The number of aliphatic hydroxyl groups excluding tert-OH is 1. The molecule has 0 aliphatic heterocycles. The fourth-order valence-corrected chi connectivity index (χ4v) is 6.11. The van der Waals surface area contributed by atoms with Crippen LogP contribution in [0.15, 0.2) is 36.5 Å². The van der Waals surface area contributed by atoms with Crippen LogP contribution in [-0.2, 0) is 19.1 Å². The number of hydrogen-bond acceptors (Lipinski definition) is 5. The highest BCUT2D eigenvalue weighted by atomic mass is 16.6. The molecule has 0 amide bonds. The van der Waals surface area contributed by atoms with Crippen LogP contribution in [0.2, 0.25) is 0 Å². The van der Waals surface area contributed by atoms with Gasteiger partial charge in [-0.05, 0) is 70.6 Å². The Balaban J connectivity index is 3.54. The number of rotatable bonds is 39. The number of ether oxygens (including phenoxy) is 2. The molecule has 0 aromatic rings. The van der Waals surface area contributed by atoms with E-state index in [1.165, 1.54) is 141 Å². The zero-order valence-electron chi connectivity index (χ0n) is 33.2. The van der Waals surface area contributed by atoms with Crippen molar-refractivity contribution in [3.63, 3.8) is 0 Å². The van der Waals surface area contributed by atoms with E-state index in [-0.39, 0.29) is 25.2 Å². The molecule has 0 aromatic heterocycles. The summed E-state index contributed by atoms with van der Waals surface area (Å²) in [5.41, 5.74) is 0. The summed E-state index contributed by atoms with van der Waals surface area (Å²) in [5.74, 6) is -0.601. The van der Waals surface area contributed by atoms with Gasteiger partial charge in [0.05, 0.1) is 6.61 Å². The Morgan fingerprint density at radius 2 is 0.800 bits per heavy atom. The molecule has 1 unspecified atom stereocenters. The molecule has 0 rings (SSSR count). The second kappa shape index (κ2) is 41.5. The van der Waals surface area contributed by atoms with Crippen molar-refractivity contribution in [3.8, 4) is 0 Å². The van der Waals surface area contributed by atoms with E-state index in [1.54, 1.807) is 0 Å². The van der Waals surface area contributed by atoms with Crippen LogP contribution in [0.5, 0.6) is 0 Å². The van der Waals surface area contributed by atoms with Crippen LogP contribution in [0.3, 0.4) is 0 Å². The SMILES string of the molecule is CCCCCCC/C=C\C/C=C\CCCCCCCCCCCC(=O)OC(CO)COC(=O)CCCCCCC/C=C\CCCCCCCC. The van der Waals surface area contributed by atoms with Crippen molar-refractivity contribution in [2.45, 2.75) is 225 Å². The van der Waals surface area contributed by atoms with Crippen molar-refractivity contribution in [1.82, 2.24) is 0 Å². The van der Waals surface area contributed by atoms with Crippen LogP contribution in [0.4, 0.5) is 0 Å². The smallest absolute Gasteiger partial charge is 0.306 e. The first-order valence-electron chi connectivity index (χ1n) is 21.5. The van der Waals surface area contributed by atoms with Gasteiger partial charge in [-0.25, -0.2) is 0 Å². The lowest BCUT2D eigenvalue weighted by Gasteiger charge is -2.15. The van der Waals surface area contributed by atoms with Crippen molar-refractivity contribution in [1.29, 1.82) is 0 Å². The Bertz CT molecular complexity index is 801. The predicted octanol–water partition coefficient (Wildman–Crippen LogP) is 13.6. The average Bonchev–Trinajstić information content (AvgIpc) is 3.12. The monoisotopic (exact) mass is 703 g/mol. The van der Waals surface area contributed by atoms with E-state index in [0.717, 1.165) is 51.4 Å². The molecule has 1 N–H and O–H groups in total. The van der Waals surface area contributed by atoms with Crippen LogP contribution in [0.1, 0.15) is 219 Å². The van der Waals surface area contributed by atoms with Gasteiger partial charge >= 0.3 is 11.9 Å². The molecule has 5 nitrogen and oxygen atoms in total. The Morgan fingerprint density at radius 3 is 1.20 bits per heavy atom. The lowest BCUT2D eigenvalue weighted by Crippen LogP contribution is -2.28. The zero-order chi connectivity index (χ0) is 36.4. The van der Waals surface area contributed by atoms with Gasteiger partial charge in [0, 0.05) is 12.8 Å². The minimum atomic E-state index is -0.775. The van der Waals surface area contributed by atoms with Gasteiger partial charge in [-0.1, -0.05) is 172 Å². The van der Waals surface area contributed by atoms with Gasteiger partial charge in [-0.2, -0.15) is 0 Å². The predicted molar refractivity (Wildman–Crippen MR) is 214 cm³/mol. The van der Waals surface area contributed by atoms with Crippen molar-refractivity contribution in [2.24, 2.45) is 0 Å². The number of allylic oxidation sites excluding steroid dienone is 6. The number of carbonyl (C=O) groups excluding carboxylic acids is 2. The van der Waals surface area contributed by atoms with Gasteiger partial charge in [-0.3, -0.25) is 9.59 Å². The fourth-order valence-electron chi connectivity index (χ4n) is 6.11. The highest BCUT2D eigenvalue weighted by Crippen LogP contribution is 2.14. The molecule has 0 heterocycles. The maximum Gasteiger partial charge on any atom is 0.306 e. The minimum absolute atomic E-state index is 0.0703. The zero-order valence-corrected chi connectivity index (χ0v) is 33.2. The molecule has 1 atom stereocenters. The molecule has 292 valence electrons. The second-order valence-electron chi connectivity index (χ2n) is 14.4. The summed E-state index contributed by atoms with van der Waals surface area (Å²) in [7, 11) is 0. The van der Waals surface area contributed by atoms with Gasteiger partial charge in [0.25, 0.3) is 0 Å². The summed E-state index contributed by atoms with van der Waals surface area (Å²) in [6.45, 7) is 4.12. The average molecular weight is 703 g/mol. The normalized spacial score (nSPS) is 12.5. The van der Waals surface area contributed by atoms with Crippen molar-refractivity contribution < 1.29 is 24.2 Å². The van der Waals surface area contributed by atoms with E-state index >= 15 is 0 Å². The molecule has 0 saturated heterocycles. The van der Waals surface area contributed by atoms with E-state index in [0.29, 0.717) is 12.8 Å². The maximum absolute atomic E-state index is 12.2. The van der Waals surface area contributed by atoms with Gasteiger partial charge in [0.2, 0.25) is 0 Å². The van der Waals surface area contributed by atoms with Crippen LogP contribution >= 0.6 is 0 Å². The number of unbranched alkanes of at least 4 members (excludes halogenated alkanes) is 25. The summed E-state index contributed by atoms with van der Waals surface area (Å²) < 4.78 is 10.6. The lowest BCUT2D eigenvalue weighted by molar-refractivity contribution is -0.161. The Labute approximate surface area is 310 Å². The summed E-state index contributed by atoms with van der Waals surface area (Å²) >= 11 is 0. The minimum Gasteiger partial charge on any atom is -0.462 e. The van der Waals surface area contributed by atoms with Gasteiger partial charge in [0.1, 0.15) is 6.61 Å². The van der Waals surface area contributed by atoms with Crippen LogP contribution < -0.4 is 0 Å². The first-order chi connectivity index (χ1) is 24.6. The molecule has 0 spiro atoms. The van der Waals surface area contributed by atoms with E-state index in [4.69, 9.17) is 9.47 Å². The lowest BCUT2D eigenvalue weighted by atomic mass is 10.1. The first kappa shape index (κ1) is 48.1. The third-order valence-corrected chi connectivity index (χ3v) is 9.41. The van der Waals surface area contributed by atoms with E-state index < -0.39 is 6.10 Å². The summed E-state index contributed by atoms with van der Waals surface area (Å²) in [5, 5.41) is 9.57. The van der Waals surface area contributed by atoms with Crippen LogP contribution in [0, 0.1) is 0 Å². The molecular formula is C45H82O5. The molecule has 0 aliphatic rings. The molecule has 0 radical (unpaired) electrons. The van der Waals surface area contributed by atoms with Crippen molar-refractivity contribution >= 4 is 11.9 Å². The first-order valence-corrected chi connectivity index (χ1v) is 21.5. The largest absolute Gasteiger partial charge is 0.462 e. The van der Waals surface area contributed by atoms with Gasteiger partial charge < -0.3 is 14.6 Å². The third kappa shape index (κ3) is 38.9. The molecular weight excluding hydrogens is 620 g/mol. The van der Waals surface area contributed by atoms with Gasteiger partial charge in [-0.15, -0.1) is 0 Å². The fraction of sp³-hybridized carbons (Fsp3) is 0.822. The third-order valence-electron chi connectivity index (χ3n) is 9.41. The highest BCUT2D eigenvalue weighted by Gasteiger charge is 2.16. The summed E-state index contributed by atoms with van der Waals surface area (Å²) in [4.78, 5) is 24.3. The second-order valence-corrected chi connectivity index (χ2v) is 14.4. The number of hydrogen-bond donors (Lipinski definition) is 1. The Morgan fingerprint density at radius 1 is 0.460 bits per heavy atom. The highest BCUT2D eigenvalue weighted by molar-refractivity contribution is 5.70. The van der Waals surface area contributed by atoms with Crippen LogP contribution in [0.25, 0.3) is 0 Å². The summed E-state index contributed by atoms with van der Waals surface area (Å²) in [6.07, 6.45) is 50.7. The van der Waals surface area contributed by atoms with Crippen molar-refractivity contribution in [3.05, 3.63) is 36.5 Å². The van der Waals surface area contributed by atoms with E-state index in [9.17, 15) is 14.7 Å². The van der Waals surface area contributed by atoms with E-state index in [1.807, 2.05) is 0 Å². The number of esters is 2. The number of aliphatic hydroxyl groups is 1.